The molecular formula is C7H19FN2. The van der Waals surface area contributed by atoms with Gasteiger partial charge in [0.25, 0.3) is 0 Å². The number of likely N-dealkylation sites (tertiary alicyclic amines) is 1. The summed E-state index contributed by atoms with van der Waals surface area (Å²) in [5.41, 5.74) is 0. The summed E-state index contributed by atoms with van der Waals surface area (Å²) in [5, 5.41) is 3.15. The molecule has 0 amide bonds. The van der Waals surface area contributed by atoms with Crippen LogP contribution in [-0.4, -0.2) is 38.1 Å². The molecule has 2 nitrogen and oxygen atoms in total. The quantitative estimate of drug-likeness (QED) is 0.637. The predicted octanol–water partition coefficient (Wildman–Crippen LogP) is 0.700. The van der Waals surface area contributed by atoms with E-state index in [2.05, 4.69) is 10.2 Å². The third-order valence-corrected chi connectivity index (χ3v) is 1.88. The molecule has 10 heavy (non-hydrogen) atoms. The summed E-state index contributed by atoms with van der Waals surface area (Å²) in [4.78, 5) is 2.51. The molecule has 1 heterocycles. The van der Waals surface area contributed by atoms with Crippen LogP contribution in [0.4, 0.5) is 4.70 Å². The molecule has 1 rings (SSSR count). The average molecular weight is 150 g/mol. The molecule has 1 fully saturated rings. The maximum atomic E-state index is 3.15. The number of nitrogens with zero attached hydrogens (tertiary/aromatic N) is 1. The topological polar surface area (TPSA) is 15.3 Å². The predicted molar refractivity (Wildman–Crippen MR) is 44.2 cm³/mol. The molecule has 64 valence electrons. The summed E-state index contributed by atoms with van der Waals surface area (Å²) in [5.74, 6) is 0. The Bertz CT molecular complexity index is 76.8. The van der Waals surface area contributed by atoms with Crippen LogP contribution < -0.4 is 5.32 Å². The first-order chi connectivity index (χ1) is 4.43. The Kier molecular flexibility index (Phi) is 5.54. The molecule has 1 aliphatic rings. The SMILES string of the molecule is CNCCN1CCCC1.F.[HH]. The molecule has 0 saturated carbocycles. The lowest BCUT2D eigenvalue weighted by atomic mass is 10.4. The van der Waals surface area contributed by atoms with Gasteiger partial charge in [-0.25, -0.2) is 0 Å². The van der Waals surface area contributed by atoms with E-state index in [9.17, 15) is 0 Å². The van der Waals surface area contributed by atoms with Gasteiger partial charge in [-0.2, -0.15) is 0 Å². The van der Waals surface area contributed by atoms with E-state index in [0.29, 0.717) is 0 Å². The standard InChI is InChI=1S/C7H16N2.FH.H2/c1-8-4-7-9-5-2-3-6-9;;/h8H,2-7H2,1H3;2*1H. The van der Waals surface area contributed by atoms with Gasteiger partial charge in [-0.15, -0.1) is 0 Å². The minimum Gasteiger partial charge on any atom is -0.318 e. The minimum atomic E-state index is 0. The summed E-state index contributed by atoms with van der Waals surface area (Å²) in [6, 6.07) is 0. The zero-order chi connectivity index (χ0) is 6.53. The number of likely N-dealkylation sites (N-methyl/N-ethyl adjacent to an activating group) is 1. The fraction of sp³-hybridized carbons (Fsp3) is 1.00. The van der Waals surface area contributed by atoms with E-state index in [4.69, 9.17) is 0 Å². The Balaban J connectivity index is 0. The van der Waals surface area contributed by atoms with Crippen molar-refractivity contribution >= 4 is 0 Å². The van der Waals surface area contributed by atoms with Crippen LogP contribution >= 0.6 is 0 Å². The third-order valence-electron chi connectivity index (χ3n) is 1.88. The maximum absolute atomic E-state index is 3.15. The maximum Gasteiger partial charge on any atom is 0.0107 e. The van der Waals surface area contributed by atoms with Crippen molar-refractivity contribution in [2.45, 2.75) is 12.8 Å². The molecule has 3 heteroatoms. The van der Waals surface area contributed by atoms with Gasteiger partial charge in [0.1, 0.15) is 0 Å². The molecule has 0 spiro atoms. The highest BCUT2D eigenvalue weighted by Gasteiger charge is 2.09. The number of hydrogen-bond acceptors (Lipinski definition) is 2. The van der Waals surface area contributed by atoms with Gasteiger partial charge in [0.15, 0.2) is 0 Å². The van der Waals surface area contributed by atoms with Gasteiger partial charge in [-0.05, 0) is 33.0 Å². The van der Waals surface area contributed by atoms with Crippen molar-refractivity contribution in [3.63, 3.8) is 0 Å². The summed E-state index contributed by atoms with van der Waals surface area (Å²) < 4.78 is 0. The van der Waals surface area contributed by atoms with E-state index in [1.165, 1.54) is 32.5 Å². The van der Waals surface area contributed by atoms with E-state index in [0.717, 1.165) is 6.54 Å². The second-order valence-corrected chi connectivity index (χ2v) is 2.65. The highest BCUT2D eigenvalue weighted by Crippen LogP contribution is 2.05. The van der Waals surface area contributed by atoms with Crippen LogP contribution in [-0.2, 0) is 0 Å². The minimum absolute atomic E-state index is 0. The molecule has 1 N–H and O–H groups in total. The zero-order valence-corrected chi connectivity index (χ0v) is 6.60. The molecule has 0 bridgehead atoms. The number of halogens is 1. The number of hydrogen-bond donors (Lipinski definition) is 1. The van der Waals surface area contributed by atoms with Crippen LogP contribution in [0.5, 0.6) is 0 Å². The molecular weight excluding hydrogens is 131 g/mol. The molecule has 1 aliphatic heterocycles. The van der Waals surface area contributed by atoms with Gasteiger partial charge in [0.2, 0.25) is 0 Å². The Labute approximate surface area is 63.4 Å². The summed E-state index contributed by atoms with van der Waals surface area (Å²) in [7, 11) is 2.01. The second-order valence-electron chi connectivity index (χ2n) is 2.65. The first kappa shape index (κ1) is 9.85. The van der Waals surface area contributed by atoms with E-state index >= 15 is 0 Å². The Morgan fingerprint density at radius 2 is 2.00 bits per heavy atom. The molecule has 0 radical (unpaired) electrons. The average Bonchev–Trinajstić information content (AvgIpc) is 2.34. The van der Waals surface area contributed by atoms with E-state index in [-0.39, 0.29) is 6.13 Å². The fourth-order valence-corrected chi connectivity index (χ4v) is 1.28. The smallest absolute Gasteiger partial charge is 0.0107 e. The van der Waals surface area contributed by atoms with Crippen LogP contribution in [0.25, 0.3) is 0 Å². The molecule has 0 aromatic carbocycles. The van der Waals surface area contributed by atoms with Gasteiger partial charge in [0, 0.05) is 14.5 Å². The lowest BCUT2D eigenvalue weighted by Crippen LogP contribution is -2.27. The van der Waals surface area contributed by atoms with Gasteiger partial charge in [0.05, 0.1) is 0 Å². The molecule has 1 saturated heterocycles. The molecule has 0 atom stereocenters. The van der Waals surface area contributed by atoms with Crippen LogP contribution in [0.3, 0.4) is 0 Å². The first-order valence-electron chi connectivity index (χ1n) is 3.80. The van der Waals surface area contributed by atoms with Crippen LogP contribution in [0, 0.1) is 0 Å². The van der Waals surface area contributed by atoms with Crippen molar-refractivity contribution in [3.05, 3.63) is 0 Å². The highest BCUT2D eigenvalue weighted by molar-refractivity contribution is 4.65. The highest BCUT2D eigenvalue weighted by atomic mass is 19.0. The lowest BCUT2D eigenvalue weighted by Gasteiger charge is -2.12. The second kappa shape index (κ2) is 5.62. The summed E-state index contributed by atoms with van der Waals surface area (Å²) in [6.07, 6.45) is 2.81. The van der Waals surface area contributed by atoms with Gasteiger partial charge >= 0.3 is 0 Å². The zero-order valence-electron chi connectivity index (χ0n) is 6.60. The van der Waals surface area contributed by atoms with Crippen LogP contribution in [0.2, 0.25) is 0 Å². The van der Waals surface area contributed by atoms with Crippen molar-refractivity contribution in [2.75, 3.05) is 33.2 Å². The van der Waals surface area contributed by atoms with Crippen molar-refractivity contribution in [3.8, 4) is 0 Å². The molecule has 0 unspecified atom stereocenters. The largest absolute Gasteiger partial charge is 0.318 e. The van der Waals surface area contributed by atoms with Gasteiger partial charge in [-0.1, -0.05) is 0 Å². The Morgan fingerprint density at radius 3 is 2.50 bits per heavy atom. The third kappa shape index (κ3) is 3.13. The summed E-state index contributed by atoms with van der Waals surface area (Å²) in [6.45, 7) is 5.01. The number of rotatable bonds is 3. The van der Waals surface area contributed by atoms with Crippen LogP contribution in [0.15, 0.2) is 0 Å². The summed E-state index contributed by atoms with van der Waals surface area (Å²) >= 11 is 0. The van der Waals surface area contributed by atoms with Gasteiger partial charge in [-0.3, -0.25) is 4.70 Å². The fourth-order valence-electron chi connectivity index (χ4n) is 1.28. The monoisotopic (exact) mass is 150 g/mol. The van der Waals surface area contributed by atoms with Crippen molar-refractivity contribution in [1.29, 1.82) is 0 Å². The van der Waals surface area contributed by atoms with Crippen molar-refractivity contribution in [1.82, 2.24) is 10.2 Å². The molecule has 0 aromatic rings. The van der Waals surface area contributed by atoms with Crippen molar-refractivity contribution < 1.29 is 6.13 Å². The Hall–Kier alpha value is -0.150. The Morgan fingerprint density at radius 1 is 1.40 bits per heavy atom. The van der Waals surface area contributed by atoms with Crippen molar-refractivity contribution in [2.24, 2.45) is 0 Å². The molecule has 0 aromatic heterocycles. The van der Waals surface area contributed by atoms with E-state index < -0.39 is 0 Å². The van der Waals surface area contributed by atoms with E-state index in [1.807, 2.05) is 7.05 Å². The first-order valence-corrected chi connectivity index (χ1v) is 3.80. The number of nitrogens with one attached hydrogen (secondary N) is 1. The normalized spacial score (nSPS) is 18.9. The molecule has 0 aliphatic carbocycles. The van der Waals surface area contributed by atoms with Gasteiger partial charge < -0.3 is 10.2 Å². The van der Waals surface area contributed by atoms with Crippen LogP contribution in [0.1, 0.15) is 14.3 Å². The van der Waals surface area contributed by atoms with E-state index in [1.54, 1.807) is 0 Å². The lowest BCUT2D eigenvalue weighted by molar-refractivity contribution is 0.340.